The molecular weight excluding hydrogens is 240 g/mol. The van der Waals surface area contributed by atoms with E-state index in [4.69, 9.17) is 10.00 Å². The highest BCUT2D eigenvalue weighted by molar-refractivity contribution is 5.78. The fourth-order valence-corrected chi connectivity index (χ4v) is 1.56. The average molecular weight is 258 g/mol. The van der Waals surface area contributed by atoms with Crippen molar-refractivity contribution in [3.8, 4) is 11.8 Å². The summed E-state index contributed by atoms with van der Waals surface area (Å²) in [6, 6.07) is 8.71. The second-order valence-electron chi connectivity index (χ2n) is 4.29. The Kier molecular flexibility index (Phi) is 5.62. The number of hydrogen-bond donors (Lipinski definition) is 0. The highest BCUT2D eigenvalue weighted by atomic mass is 16.5. The third kappa shape index (κ3) is 4.84. The molecule has 1 aromatic rings. The standard InChI is InChI=1S/C15H18N2O2/c1-4-17(10-12(2)3)15(18)11-19-14-7-5-13(9-16)6-8-14/h5-8H,2,4,10-11H2,1,3H3. The second-order valence-corrected chi connectivity index (χ2v) is 4.29. The van der Waals surface area contributed by atoms with Gasteiger partial charge in [-0.3, -0.25) is 4.79 Å². The molecule has 0 N–H and O–H groups in total. The summed E-state index contributed by atoms with van der Waals surface area (Å²) in [7, 11) is 0. The van der Waals surface area contributed by atoms with Crippen molar-refractivity contribution in [2.45, 2.75) is 13.8 Å². The molecule has 100 valence electrons. The van der Waals surface area contributed by atoms with Gasteiger partial charge in [-0.25, -0.2) is 0 Å². The summed E-state index contributed by atoms with van der Waals surface area (Å²) in [5.41, 5.74) is 1.50. The predicted molar refractivity (Wildman–Crippen MR) is 73.7 cm³/mol. The first kappa shape index (κ1) is 14.8. The van der Waals surface area contributed by atoms with E-state index >= 15 is 0 Å². The third-order valence-corrected chi connectivity index (χ3v) is 2.54. The van der Waals surface area contributed by atoms with Crippen LogP contribution in [0.1, 0.15) is 19.4 Å². The summed E-state index contributed by atoms with van der Waals surface area (Å²) in [6.07, 6.45) is 0. The van der Waals surface area contributed by atoms with Crippen LogP contribution in [-0.4, -0.2) is 30.5 Å². The maximum Gasteiger partial charge on any atom is 0.260 e. The van der Waals surface area contributed by atoms with E-state index in [1.165, 1.54) is 0 Å². The molecule has 0 spiro atoms. The van der Waals surface area contributed by atoms with Gasteiger partial charge in [0.2, 0.25) is 0 Å². The number of rotatable bonds is 6. The molecule has 0 unspecified atom stereocenters. The molecule has 0 radical (unpaired) electrons. The number of ether oxygens (including phenoxy) is 1. The lowest BCUT2D eigenvalue weighted by molar-refractivity contribution is -0.132. The van der Waals surface area contributed by atoms with Gasteiger partial charge in [0.25, 0.3) is 5.91 Å². The van der Waals surface area contributed by atoms with Gasteiger partial charge in [0, 0.05) is 13.1 Å². The summed E-state index contributed by atoms with van der Waals surface area (Å²) in [5, 5.41) is 8.68. The van der Waals surface area contributed by atoms with Gasteiger partial charge < -0.3 is 9.64 Å². The van der Waals surface area contributed by atoms with Crippen LogP contribution in [-0.2, 0) is 4.79 Å². The molecule has 0 saturated carbocycles. The Hall–Kier alpha value is -2.28. The largest absolute Gasteiger partial charge is 0.484 e. The van der Waals surface area contributed by atoms with E-state index in [-0.39, 0.29) is 12.5 Å². The van der Waals surface area contributed by atoms with Crippen molar-refractivity contribution in [3.05, 3.63) is 42.0 Å². The van der Waals surface area contributed by atoms with E-state index < -0.39 is 0 Å². The topological polar surface area (TPSA) is 53.3 Å². The van der Waals surface area contributed by atoms with Crippen LogP contribution < -0.4 is 4.74 Å². The van der Waals surface area contributed by atoms with Crippen LogP contribution in [0, 0.1) is 11.3 Å². The molecule has 0 heterocycles. The lowest BCUT2D eigenvalue weighted by atomic mass is 10.2. The average Bonchev–Trinajstić information content (AvgIpc) is 2.42. The number of hydrogen-bond acceptors (Lipinski definition) is 3. The molecule has 1 amide bonds. The van der Waals surface area contributed by atoms with E-state index in [9.17, 15) is 4.79 Å². The molecule has 4 heteroatoms. The van der Waals surface area contributed by atoms with Crippen molar-refractivity contribution < 1.29 is 9.53 Å². The number of amides is 1. The summed E-state index contributed by atoms with van der Waals surface area (Å²) in [4.78, 5) is 13.6. The number of benzene rings is 1. The van der Waals surface area contributed by atoms with Gasteiger partial charge in [-0.2, -0.15) is 5.26 Å². The highest BCUT2D eigenvalue weighted by Crippen LogP contribution is 2.11. The van der Waals surface area contributed by atoms with Crippen LogP contribution >= 0.6 is 0 Å². The van der Waals surface area contributed by atoms with Crippen LogP contribution in [0.3, 0.4) is 0 Å². The zero-order valence-electron chi connectivity index (χ0n) is 11.3. The molecular formula is C15H18N2O2. The smallest absolute Gasteiger partial charge is 0.260 e. The Bertz CT molecular complexity index is 486. The van der Waals surface area contributed by atoms with E-state index in [2.05, 4.69) is 6.58 Å². The Morgan fingerprint density at radius 1 is 1.42 bits per heavy atom. The van der Waals surface area contributed by atoms with Gasteiger partial charge in [-0.05, 0) is 38.1 Å². The van der Waals surface area contributed by atoms with E-state index in [1.807, 2.05) is 19.9 Å². The SMILES string of the molecule is C=C(C)CN(CC)C(=O)COc1ccc(C#N)cc1. The summed E-state index contributed by atoms with van der Waals surface area (Å²) in [5.74, 6) is 0.508. The molecule has 1 aromatic carbocycles. The first-order valence-corrected chi connectivity index (χ1v) is 6.12. The molecule has 0 bridgehead atoms. The number of nitriles is 1. The third-order valence-electron chi connectivity index (χ3n) is 2.54. The number of nitrogens with zero attached hydrogens (tertiary/aromatic N) is 2. The Labute approximate surface area is 113 Å². The minimum atomic E-state index is -0.0742. The number of likely N-dealkylation sites (N-methyl/N-ethyl adjacent to an activating group) is 1. The van der Waals surface area contributed by atoms with E-state index in [0.29, 0.717) is 24.4 Å². The molecule has 0 fully saturated rings. The highest BCUT2D eigenvalue weighted by Gasteiger charge is 2.12. The molecule has 4 nitrogen and oxygen atoms in total. The lowest BCUT2D eigenvalue weighted by Gasteiger charge is -2.21. The van der Waals surface area contributed by atoms with Gasteiger partial charge in [-0.1, -0.05) is 12.2 Å². The zero-order valence-corrected chi connectivity index (χ0v) is 11.3. The monoisotopic (exact) mass is 258 g/mol. The second kappa shape index (κ2) is 7.22. The van der Waals surface area contributed by atoms with Crippen molar-refractivity contribution in [2.75, 3.05) is 19.7 Å². The van der Waals surface area contributed by atoms with Gasteiger partial charge in [-0.15, -0.1) is 0 Å². The lowest BCUT2D eigenvalue weighted by Crippen LogP contribution is -2.35. The van der Waals surface area contributed by atoms with Gasteiger partial charge >= 0.3 is 0 Å². The quantitative estimate of drug-likeness (QED) is 0.736. The maximum atomic E-state index is 11.9. The molecule has 0 aliphatic heterocycles. The van der Waals surface area contributed by atoms with E-state index in [0.717, 1.165) is 5.57 Å². The van der Waals surface area contributed by atoms with Crippen molar-refractivity contribution in [2.24, 2.45) is 0 Å². The van der Waals surface area contributed by atoms with E-state index in [1.54, 1.807) is 29.2 Å². The van der Waals surface area contributed by atoms with Crippen LogP contribution in [0.2, 0.25) is 0 Å². The first-order valence-electron chi connectivity index (χ1n) is 6.12. The normalized spacial score (nSPS) is 9.53. The first-order chi connectivity index (χ1) is 9.06. The Balaban J connectivity index is 2.52. The van der Waals surface area contributed by atoms with Crippen LogP contribution in [0.25, 0.3) is 0 Å². The molecule has 0 aliphatic carbocycles. The summed E-state index contributed by atoms with van der Waals surface area (Å²) in [6.45, 7) is 8.77. The number of carbonyl (C=O) groups excluding carboxylic acids is 1. The van der Waals surface area contributed by atoms with Crippen molar-refractivity contribution >= 4 is 5.91 Å². The molecule has 19 heavy (non-hydrogen) atoms. The minimum Gasteiger partial charge on any atom is -0.484 e. The van der Waals surface area contributed by atoms with Crippen molar-refractivity contribution in [1.29, 1.82) is 5.26 Å². The van der Waals surface area contributed by atoms with Gasteiger partial charge in [0.15, 0.2) is 6.61 Å². The fourth-order valence-electron chi connectivity index (χ4n) is 1.56. The molecule has 0 aromatic heterocycles. The molecule has 0 saturated heterocycles. The van der Waals surface area contributed by atoms with Crippen LogP contribution in [0.15, 0.2) is 36.4 Å². The zero-order chi connectivity index (χ0) is 14.3. The van der Waals surface area contributed by atoms with Crippen molar-refractivity contribution in [3.63, 3.8) is 0 Å². The molecule has 1 rings (SSSR count). The Morgan fingerprint density at radius 2 is 2.05 bits per heavy atom. The van der Waals surface area contributed by atoms with Crippen molar-refractivity contribution in [1.82, 2.24) is 4.90 Å². The minimum absolute atomic E-state index is 0.00692. The van der Waals surface area contributed by atoms with Crippen LogP contribution in [0.4, 0.5) is 0 Å². The Morgan fingerprint density at radius 3 is 2.53 bits per heavy atom. The van der Waals surface area contributed by atoms with Gasteiger partial charge in [0.05, 0.1) is 11.6 Å². The van der Waals surface area contributed by atoms with Gasteiger partial charge in [0.1, 0.15) is 5.75 Å². The van der Waals surface area contributed by atoms with Crippen LogP contribution in [0.5, 0.6) is 5.75 Å². The predicted octanol–water partition coefficient (Wildman–Crippen LogP) is 2.36. The summed E-state index contributed by atoms with van der Waals surface area (Å²) >= 11 is 0. The number of carbonyl (C=O) groups is 1. The fraction of sp³-hybridized carbons (Fsp3) is 0.333. The molecule has 0 aliphatic rings. The maximum absolute atomic E-state index is 11.9. The molecule has 0 atom stereocenters. The summed E-state index contributed by atoms with van der Waals surface area (Å²) < 4.78 is 5.40.